The van der Waals surface area contributed by atoms with Gasteiger partial charge in [-0.2, -0.15) is 0 Å². The topological polar surface area (TPSA) is 6.48 Å². The summed E-state index contributed by atoms with van der Waals surface area (Å²) < 4.78 is 0. The van der Waals surface area contributed by atoms with Crippen LogP contribution in [0.5, 0.6) is 0 Å². The maximum Gasteiger partial charge on any atom is 0.252 e. The number of fused-ring (bicyclic) bond motifs is 7. The molecule has 0 aromatic heterocycles. The van der Waals surface area contributed by atoms with E-state index >= 15 is 0 Å². The van der Waals surface area contributed by atoms with Gasteiger partial charge in [0.15, 0.2) is 8.07 Å². The fraction of sp³-hybridized carbons (Fsp3) is 0.172. The molecule has 0 saturated heterocycles. The van der Waals surface area contributed by atoms with Crippen LogP contribution in [-0.2, 0) is 10.8 Å². The van der Waals surface area contributed by atoms with E-state index in [-0.39, 0.29) is 17.5 Å². The lowest BCUT2D eigenvalue weighted by Crippen LogP contribution is -2.73. The molecule has 0 saturated carbocycles. The molecule has 0 amide bonds. The Hall–Kier alpha value is -6.36. The van der Waals surface area contributed by atoms with Crippen LogP contribution in [0, 0.1) is 13.8 Å². The highest BCUT2D eigenvalue weighted by atomic mass is 28.3. The van der Waals surface area contributed by atoms with Gasteiger partial charge in [0, 0.05) is 34.1 Å². The van der Waals surface area contributed by atoms with E-state index in [4.69, 9.17) is 0 Å². The third-order valence-corrected chi connectivity index (χ3v) is 18.9. The van der Waals surface area contributed by atoms with Crippen LogP contribution in [0.3, 0.4) is 0 Å². The van der Waals surface area contributed by atoms with Crippen LogP contribution < -0.4 is 46.9 Å². The Morgan fingerprint density at radius 2 is 1.05 bits per heavy atom. The minimum absolute atomic E-state index is 0.00352. The number of nitrogens with zero attached hydrogens (tertiary/aromatic N) is 2. The summed E-state index contributed by atoms with van der Waals surface area (Å²) in [4.78, 5) is 5.22. The highest BCUT2D eigenvalue weighted by molar-refractivity contribution is 7.22. The predicted octanol–water partition coefficient (Wildman–Crippen LogP) is 10.3. The monoisotopic (exact) mass is 816 g/mol. The zero-order chi connectivity index (χ0) is 42.7. The lowest BCUT2D eigenvalue weighted by molar-refractivity contribution is 0.590. The molecule has 0 N–H and O–H groups in total. The number of benzene rings is 8. The van der Waals surface area contributed by atoms with Crippen molar-refractivity contribution in [2.24, 2.45) is 0 Å². The number of hydrogen-bond acceptors (Lipinski definition) is 2. The van der Waals surface area contributed by atoms with Crippen molar-refractivity contribution in [3.63, 3.8) is 0 Å². The molecule has 302 valence electrons. The largest absolute Gasteiger partial charge is 0.311 e. The molecule has 62 heavy (non-hydrogen) atoms. The minimum Gasteiger partial charge on any atom is -0.311 e. The molecule has 8 aromatic carbocycles. The molecule has 0 aliphatic carbocycles. The first-order chi connectivity index (χ1) is 29.9. The molecule has 8 aromatic rings. The van der Waals surface area contributed by atoms with E-state index in [9.17, 15) is 0 Å². The molecule has 0 radical (unpaired) electrons. The van der Waals surface area contributed by atoms with Gasteiger partial charge < -0.3 is 9.80 Å². The lowest BCUT2D eigenvalue weighted by atomic mass is 9.33. The summed E-state index contributed by atoms with van der Waals surface area (Å²) in [5.41, 5.74) is 19.5. The molecule has 3 aliphatic heterocycles. The Labute approximate surface area is 369 Å². The summed E-state index contributed by atoms with van der Waals surface area (Å²) in [7, 11) is -2.78. The van der Waals surface area contributed by atoms with Crippen LogP contribution in [0.1, 0.15) is 63.8 Å². The van der Waals surface area contributed by atoms with E-state index in [1.54, 1.807) is 0 Å². The Morgan fingerprint density at radius 3 is 1.74 bits per heavy atom. The molecule has 0 fully saturated rings. The summed E-state index contributed by atoms with van der Waals surface area (Å²) in [5.74, 6) is 0. The van der Waals surface area contributed by atoms with E-state index in [0.717, 1.165) is 0 Å². The second-order valence-electron chi connectivity index (χ2n) is 19.9. The Balaban J connectivity index is 1.29. The molecule has 2 nitrogen and oxygen atoms in total. The number of rotatable bonds is 4. The minimum atomic E-state index is -2.78. The van der Waals surface area contributed by atoms with Crippen LogP contribution >= 0.6 is 0 Å². The van der Waals surface area contributed by atoms with Crippen LogP contribution in [0.4, 0.5) is 34.1 Å². The van der Waals surface area contributed by atoms with Gasteiger partial charge in [0.2, 0.25) is 0 Å². The van der Waals surface area contributed by atoms with E-state index < -0.39 is 8.07 Å². The van der Waals surface area contributed by atoms with Crippen LogP contribution in [0.15, 0.2) is 176 Å². The maximum absolute atomic E-state index is 2.78. The Kier molecular flexibility index (Phi) is 8.60. The van der Waals surface area contributed by atoms with Crippen molar-refractivity contribution in [2.75, 3.05) is 9.80 Å². The molecule has 11 rings (SSSR count). The SMILES string of the molecule is Cc1ccccc1N1c2cc3c(cc2B2c4ccc(C(C)(C)C)cc4N(c4cccc(C(C)(C)C)c4)c4ccc(C)c1c42)[Si](c1ccccc1)(c1ccccc1)c1ccccc1-3. The fourth-order valence-corrected chi connectivity index (χ4v) is 16.2. The third-order valence-electron chi connectivity index (χ3n) is 14.1. The summed E-state index contributed by atoms with van der Waals surface area (Å²) in [6.07, 6.45) is 0. The quantitative estimate of drug-likeness (QED) is 0.163. The van der Waals surface area contributed by atoms with Crippen LogP contribution in [0.2, 0.25) is 0 Å². The molecule has 0 unspecified atom stereocenters. The molecule has 4 heteroatoms. The Bertz CT molecular complexity index is 3040. The van der Waals surface area contributed by atoms with Gasteiger partial charge in [-0.05, 0) is 132 Å². The normalized spacial score (nSPS) is 14.5. The van der Waals surface area contributed by atoms with Crippen molar-refractivity contribution in [3.05, 3.63) is 198 Å². The molecule has 0 atom stereocenters. The van der Waals surface area contributed by atoms with Gasteiger partial charge in [-0.1, -0.05) is 181 Å². The number of para-hydroxylation sites is 1. The average Bonchev–Trinajstić information content (AvgIpc) is 3.56. The smallest absolute Gasteiger partial charge is 0.252 e. The fourth-order valence-electron chi connectivity index (χ4n) is 11.0. The summed E-state index contributed by atoms with van der Waals surface area (Å²) >= 11 is 0. The first-order valence-electron chi connectivity index (χ1n) is 22.3. The summed E-state index contributed by atoms with van der Waals surface area (Å²) in [6.45, 7) is 18.6. The molecule has 3 heterocycles. The molecule has 0 bridgehead atoms. The summed E-state index contributed by atoms with van der Waals surface area (Å²) in [6, 6.07) is 67.9. The number of anilines is 6. The van der Waals surface area contributed by atoms with Gasteiger partial charge in [0.25, 0.3) is 6.71 Å². The van der Waals surface area contributed by atoms with Gasteiger partial charge in [0.1, 0.15) is 0 Å². The number of aryl methyl sites for hydroxylation is 2. The van der Waals surface area contributed by atoms with Crippen molar-refractivity contribution in [1.82, 2.24) is 0 Å². The summed E-state index contributed by atoms with van der Waals surface area (Å²) in [5, 5.41) is 5.79. The molecule has 3 aliphatic rings. The van der Waals surface area contributed by atoms with E-state index in [2.05, 4.69) is 241 Å². The number of hydrogen-bond donors (Lipinski definition) is 0. The van der Waals surface area contributed by atoms with Crippen molar-refractivity contribution < 1.29 is 0 Å². The predicted molar refractivity (Wildman–Crippen MR) is 270 cm³/mol. The van der Waals surface area contributed by atoms with E-state index in [1.807, 2.05) is 0 Å². The third kappa shape index (κ3) is 5.55. The zero-order valence-electron chi connectivity index (χ0n) is 37.2. The van der Waals surface area contributed by atoms with Crippen molar-refractivity contribution in [1.29, 1.82) is 0 Å². The first kappa shape index (κ1) is 38.6. The average molecular weight is 817 g/mol. The van der Waals surface area contributed by atoms with Crippen LogP contribution in [-0.4, -0.2) is 14.8 Å². The van der Waals surface area contributed by atoms with Gasteiger partial charge in [-0.15, -0.1) is 0 Å². The molecular weight excluding hydrogens is 764 g/mol. The van der Waals surface area contributed by atoms with Crippen LogP contribution in [0.25, 0.3) is 11.1 Å². The first-order valence-corrected chi connectivity index (χ1v) is 24.3. The highest BCUT2D eigenvalue weighted by Gasteiger charge is 2.51. The van der Waals surface area contributed by atoms with Crippen molar-refractivity contribution in [2.45, 2.75) is 66.2 Å². The maximum atomic E-state index is 2.69. The second kappa shape index (κ2) is 13.8. The molecule has 0 spiro atoms. The Morgan fingerprint density at radius 1 is 0.419 bits per heavy atom. The van der Waals surface area contributed by atoms with Crippen molar-refractivity contribution >= 4 is 86.0 Å². The zero-order valence-corrected chi connectivity index (χ0v) is 38.2. The van der Waals surface area contributed by atoms with Gasteiger partial charge >= 0.3 is 0 Å². The van der Waals surface area contributed by atoms with Gasteiger partial charge in [-0.3, -0.25) is 0 Å². The standard InChI is InChI=1S/C58H53BN2Si/c1-38-20-15-17-28-49(38)61-52-36-46-45-27-16-18-29-53(45)62(43-23-11-9-12-24-43,44-25-13-10-14-26-44)54(46)37-48(52)59-47-32-31-41(58(6,7)8)35-51(47)60(50-33-30-39(2)56(61)55(50)59)42-22-19-21-40(34-42)57(3,4)5/h9-37H,1-8H3. The second-order valence-corrected chi connectivity index (χ2v) is 23.6. The van der Waals surface area contributed by atoms with E-state index in [0.29, 0.717) is 0 Å². The van der Waals surface area contributed by atoms with Crippen molar-refractivity contribution in [3.8, 4) is 11.1 Å². The van der Waals surface area contributed by atoms with Gasteiger partial charge in [-0.25, -0.2) is 0 Å². The van der Waals surface area contributed by atoms with Gasteiger partial charge in [0.05, 0.1) is 0 Å². The molecular formula is C58H53BN2Si. The highest BCUT2D eigenvalue weighted by Crippen LogP contribution is 2.48. The van der Waals surface area contributed by atoms with E-state index in [1.165, 1.54) is 105 Å². The lowest BCUT2D eigenvalue weighted by Gasteiger charge is -2.46.